The minimum atomic E-state index is -4.46. The second-order valence-corrected chi connectivity index (χ2v) is 7.40. The van der Waals surface area contributed by atoms with E-state index in [1.54, 1.807) is 29.6 Å². The van der Waals surface area contributed by atoms with Gasteiger partial charge in [-0.25, -0.2) is 0 Å². The number of benzene rings is 2. The third-order valence-electron chi connectivity index (χ3n) is 3.86. The summed E-state index contributed by atoms with van der Waals surface area (Å²) in [5.41, 5.74) is 0.950. The summed E-state index contributed by atoms with van der Waals surface area (Å²) in [4.78, 5) is 12.7. The lowest BCUT2D eigenvalue weighted by molar-refractivity contribution is -0.137. The van der Waals surface area contributed by atoms with Crippen molar-refractivity contribution in [2.45, 2.75) is 19.7 Å². The van der Waals surface area contributed by atoms with Crippen LogP contribution in [0.5, 0.6) is 5.75 Å². The van der Waals surface area contributed by atoms with Gasteiger partial charge in [0.05, 0.1) is 10.4 Å². The quantitative estimate of drug-likeness (QED) is 0.502. The van der Waals surface area contributed by atoms with E-state index < -0.39 is 17.6 Å². The molecule has 1 N–H and O–H groups in total. The molecule has 0 spiro atoms. The predicted molar refractivity (Wildman–Crippen MR) is 104 cm³/mol. The maximum absolute atomic E-state index is 12.8. The van der Waals surface area contributed by atoms with E-state index in [1.807, 2.05) is 6.92 Å². The molecule has 146 valence electrons. The second-order valence-electron chi connectivity index (χ2n) is 6.05. The minimum absolute atomic E-state index is 0.0859. The Bertz CT molecular complexity index is 1000. The van der Waals surface area contributed by atoms with Gasteiger partial charge in [0.2, 0.25) is 0 Å². The summed E-state index contributed by atoms with van der Waals surface area (Å²) in [6.45, 7) is 2.14. The van der Waals surface area contributed by atoms with Crippen molar-refractivity contribution in [2.24, 2.45) is 0 Å². The van der Waals surface area contributed by atoms with Gasteiger partial charge in [-0.3, -0.25) is 4.79 Å². The monoisotopic (exact) mass is 425 g/mol. The lowest BCUT2D eigenvalue weighted by atomic mass is 10.2. The van der Waals surface area contributed by atoms with Gasteiger partial charge >= 0.3 is 6.18 Å². The summed E-state index contributed by atoms with van der Waals surface area (Å²) < 4.78 is 44.1. The Morgan fingerprint density at radius 2 is 1.96 bits per heavy atom. The maximum Gasteiger partial charge on any atom is 0.416 e. The van der Waals surface area contributed by atoms with E-state index in [1.165, 1.54) is 23.5 Å². The molecule has 3 nitrogen and oxygen atoms in total. The average molecular weight is 426 g/mol. The van der Waals surface area contributed by atoms with Gasteiger partial charge in [0.1, 0.15) is 12.4 Å². The van der Waals surface area contributed by atoms with Crippen LogP contribution in [0.2, 0.25) is 5.02 Å². The highest BCUT2D eigenvalue weighted by Crippen LogP contribution is 2.31. The number of thiophene rings is 1. The molecule has 1 amide bonds. The van der Waals surface area contributed by atoms with Gasteiger partial charge in [-0.05, 0) is 60.3 Å². The lowest BCUT2D eigenvalue weighted by Gasteiger charge is -2.09. The van der Waals surface area contributed by atoms with Gasteiger partial charge in [-0.15, -0.1) is 11.3 Å². The van der Waals surface area contributed by atoms with Crippen LogP contribution >= 0.6 is 22.9 Å². The third-order valence-corrected chi connectivity index (χ3v) is 5.07. The zero-order valence-electron chi connectivity index (χ0n) is 14.6. The van der Waals surface area contributed by atoms with Crippen LogP contribution < -0.4 is 10.1 Å². The number of carbonyl (C=O) groups excluding carboxylic acids is 1. The first-order valence-corrected chi connectivity index (χ1v) is 9.43. The molecule has 0 saturated carbocycles. The molecule has 0 atom stereocenters. The number of anilines is 1. The Kier molecular flexibility index (Phi) is 5.96. The summed E-state index contributed by atoms with van der Waals surface area (Å²) in [6, 6.07) is 11.5. The van der Waals surface area contributed by atoms with Crippen molar-refractivity contribution < 1.29 is 22.7 Å². The standard InChI is InChI=1S/C20H15ClF3NO2S/c1-12-7-15(21)5-6-17(12)27-10-13-8-18(28-11-13)19(26)25-16-4-2-3-14(9-16)20(22,23)24/h2-9,11H,10H2,1H3,(H,25,26). The number of hydrogen-bond acceptors (Lipinski definition) is 3. The number of aryl methyl sites for hydroxylation is 1. The Morgan fingerprint density at radius 3 is 2.68 bits per heavy atom. The highest BCUT2D eigenvalue weighted by Gasteiger charge is 2.30. The summed E-state index contributed by atoms with van der Waals surface area (Å²) in [6.07, 6.45) is -4.46. The van der Waals surface area contributed by atoms with Crippen LogP contribution in [-0.2, 0) is 12.8 Å². The van der Waals surface area contributed by atoms with Crippen LogP contribution in [0, 0.1) is 6.92 Å². The molecule has 0 unspecified atom stereocenters. The number of carbonyl (C=O) groups is 1. The molecule has 0 saturated heterocycles. The number of rotatable bonds is 5. The molecule has 0 aliphatic carbocycles. The first-order valence-electron chi connectivity index (χ1n) is 8.17. The molecular weight excluding hydrogens is 411 g/mol. The van der Waals surface area contributed by atoms with E-state index in [-0.39, 0.29) is 12.3 Å². The number of amides is 1. The Hall–Kier alpha value is -2.51. The predicted octanol–water partition coefficient (Wildman–Crippen LogP) is 6.56. The minimum Gasteiger partial charge on any atom is -0.489 e. The fourth-order valence-corrected chi connectivity index (χ4v) is 3.49. The fourth-order valence-electron chi connectivity index (χ4n) is 2.47. The van der Waals surface area contributed by atoms with Crippen LogP contribution in [0.1, 0.15) is 26.4 Å². The number of hydrogen-bond donors (Lipinski definition) is 1. The average Bonchev–Trinajstić information content (AvgIpc) is 3.10. The van der Waals surface area contributed by atoms with Gasteiger partial charge in [-0.1, -0.05) is 17.7 Å². The molecule has 8 heteroatoms. The van der Waals surface area contributed by atoms with E-state index in [9.17, 15) is 18.0 Å². The van der Waals surface area contributed by atoms with Crippen molar-refractivity contribution in [1.82, 2.24) is 0 Å². The van der Waals surface area contributed by atoms with Gasteiger partial charge < -0.3 is 10.1 Å². The van der Waals surface area contributed by atoms with E-state index >= 15 is 0 Å². The first kappa shape index (κ1) is 20.2. The van der Waals surface area contributed by atoms with Crippen molar-refractivity contribution in [2.75, 3.05) is 5.32 Å². The molecule has 3 aromatic rings. The number of alkyl halides is 3. The molecule has 0 aliphatic heterocycles. The lowest BCUT2D eigenvalue weighted by Crippen LogP contribution is -2.12. The molecule has 0 aliphatic rings. The van der Waals surface area contributed by atoms with Gasteiger partial charge in [0.25, 0.3) is 5.91 Å². The SMILES string of the molecule is Cc1cc(Cl)ccc1OCc1csc(C(=O)Nc2cccc(C(F)(F)F)c2)c1. The normalized spacial score (nSPS) is 11.3. The van der Waals surface area contributed by atoms with E-state index in [4.69, 9.17) is 16.3 Å². The Balaban J connectivity index is 1.64. The second kappa shape index (κ2) is 8.24. The van der Waals surface area contributed by atoms with Crippen LogP contribution in [0.4, 0.5) is 18.9 Å². The molecular formula is C20H15ClF3NO2S. The molecule has 0 fully saturated rings. The molecule has 0 bridgehead atoms. The van der Waals surface area contributed by atoms with Crippen LogP contribution in [0.3, 0.4) is 0 Å². The topological polar surface area (TPSA) is 38.3 Å². The van der Waals surface area contributed by atoms with Gasteiger partial charge in [0, 0.05) is 16.3 Å². The molecule has 1 aromatic heterocycles. The van der Waals surface area contributed by atoms with Crippen molar-refractivity contribution in [3.05, 3.63) is 80.5 Å². The molecule has 28 heavy (non-hydrogen) atoms. The van der Waals surface area contributed by atoms with Crippen molar-refractivity contribution >= 4 is 34.5 Å². The van der Waals surface area contributed by atoms with E-state index in [0.717, 1.165) is 23.3 Å². The van der Waals surface area contributed by atoms with Crippen molar-refractivity contribution in [3.8, 4) is 5.75 Å². The first-order chi connectivity index (χ1) is 13.2. The maximum atomic E-state index is 12.8. The fraction of sp³-hybridized carbons (Fsp3) is 0.150. The zero-order chi connectivity index (χ0) is 20.3. The summed E-state index contributed by atoms with van der Waals surface area (Å²) in [5.74, 6) is 0.212. The smallest absolute Gasteiger partial charge is 0.416 e. The van der Waals surface area contributed by atoms with E-state index in [2.05, 4.69) is 5.32 Å². The number of nitrogens with one attached hydrogen (secondary N) is 1. The largest absolute Gasteiger partial charge is 0.489 e. The van der Waals surface area contributed by atoms with Crippen LogP contribution in [0.15, 0.2) is 53.9 Å². The number of halogens is 4. The van der Waals surface area contributed by atoms with Crippen LogP contribution in [-0.4, -0.2) is 5.91 Å². The summed E-state index contributed by atoms with van der Waals surface area (Å²) in [7, 11) is 0. The third kappa shape index (κ3) is 5.05. The Morgan fingerprint density at radius 1 is 1.18 bits per heavy atom. The van der Waals surface area contributed by atoms with Gasteiger partial charge in [0.15, 0.2) is 0 Å². The van der Waals surface area contributed by atoms with E-state index in [0.29, 0.717) is 15.6 Å². The molecule has 3 rings (SSSR count). The Labute approximate surface area is 168 Å². The highest BCUT2D eigenvalue weighted by molar-refractivity contribution is 7.12. The molecule has 0 radical (unpaired) electrons. The van der Waals surface area contributed by atoms with Crippen molar-refractivity contribution in [1.29, 1.82) is 0 Å². The highest BCUT2D eigenvalue weighted by atomic mass is 35.5. The molecule has 2 aromatic carbocycles. The molecule has 1 heterocycles. The van der Waals surface area contributed by atoms with Gasteiger partial charge in [-0.2, -0.15) is 13.2 Å². The number of ether oxygens (including phenoxy) is 1. The zero-order valence-corrected chi connectivity index (χ0v) is 16.2. The van der Waals surface area contributed by atoms with Crippen molar-refractivity contribution in [3.63, 3.8) is 0 Å². The summed E-state index contributed by atoms with van der Waals surface area (Å²) >= 11 is 7.11. The summed E-state index contributed by atoms with van der Waals surface area (Å²) in [5, 5.41) is 4.88. The van der Waals surface area contributed by atoms with Crippen LogP contribution in [0.25, 0.3) is 0 Å².